The van der Waals surface area contributed by atoms with E-state index in [0.29, 0.717) is 24.2 Å². The number of nitrogens with zero attached hydrogens (tertiary/aromatic N) is 1. The van der Waals surface area contributed by atoms with Crippen LogP contribution in [-0.4, -0.2) is 20.1 Å². The second kappa shape index (κ2) is 9.85. The van der Waals surface area contributed by atoms with E-state index in [0.717, 1.165) is 40.4 Å². The molecule has 0 saturated heterocycles. The molecule has 0 atom stereocenters. The van der Waals surface area contributed by atoms with Crippen molar-refractivity contribution < 1.29 is 17.3 Å². The van der Waals surface area contributed by atoms with Gasteiger partial charge in [-0.25, -0.2) is 12.8 Å². The average molecular weight is 490 g/mol. The van der Waals surface area contributed by atoms with Gasteiger partial charge in [0.1, 0.15) is 5.82 Å². The summed E-state index contributed by atoms with van der Waals surface area (Å²) >= 11 is 0. The minimum Gasteiger partial charge on any atom is -0.356 e. The van der Waals surface area contributed by atoms with Gasteiger partial charge in [0.25, 0.3) is 10.0 Å². The van der Waals surface area contributed by atoms with Gasteiger partial charge in [0.2, 0.25) is 0 Å². The van der Waals surface area contributed by atoms with E-state index >= 15 is 0 Å². The predicted octanol–water partition coefficient (Wildman–Crippen LogP) is 5.64. The van der Waals surface area contributed by atoms with Crippen LogP contribution in [0.3, 0.4) is 0 Å². The first-order valence-corrected chi connectivity index (χ1v) is 12.8. The van der Waals surface area contributed by atoms with Crippen LogP contribution in [0.2, 0.25) is 0 Å². The maximum absolute atomic E-state index is 13.3. The van der Waals surface area contributed by atoms with Crippen molar-refractivity contribution in [1.82, 2.24) is 10.5 Å². The van der Waals surface area contributed by atoms with Gasteiger partial charge in [0.05, 0.1) is 10.6 Å². The average Bonchev–Trinajstić information content (AvgIpc) is 3.25. The molecule has 1 aromatic heterocycles. The Kier molecular flexibility index (Phi) is 6.48. The molecule has 1 heterocycles. The summed E-state index contributed by atoms with van der Waals surface area (Å²) in [5.41, 5.74) is 2.74. The minimum atomic E-state index is -3.71. The molecule has 0 aliphatic carbocycles. The first-order chi connectivity index (χ1) is 17.0. The van der Waals surface area contributed by atoms with Crippen LogP contribution in [0.5, 0.6) is 0 Å². The maximum atomic E-state index is 13.3. The lowest BCUT2D eigenvalue weighted by molar-refractivity contribution is 0.442. The van der Waals surface area contributed by atoms with E-state index in [1.165, 1.54) is 12.1 Å². The van der Waals surface area contributed by atoms with E-state index in [2.05, 4.69) is 15.2 Å². The molecule has 178 valence electrons. The highest BCUT2D eigenvalue weighted by atomic mass is 32.2. The standard InChI is InChI=1S/C27H24FN3O3S/c28-22-11-13-25-26(30-34-27(25)17-22)9-4-14-29-18-19-5-3-8-23(15-19)31-35(32,33)24-12-10-20-6-1-2-7-21(20)16-24/h1-3,5-8,10-13,15-17,29,31H,4,9,14,18H2. The Labute approximate surface area is 202 Å². The fourth-order valence-corrected chi connectivity index (χ4v) is 5.14. The molecule has 6 nitrogen and oxygen atoms in total. The third kappa shape index (κ3) is 5.34. The Bertz CT molecular complexity index is 1600. The molecule has 0 amide bonds. The van der Waals surface area contributed by atoms with Gasteiger partial charge in [-0.2, -0.15) is 0 Å². The topological polar surface area (TPSA) is 84.2 Å². The van der Waals surface area contributed by atoms with Crippen LogP contribution in [-0.2, 0) is 23.0 Å². The molecule has 2 N–H and O–H groups in total. The van der Waals surface area contributed by atoms with E-state index in [1.54, 1.807) is 24.3 Å². The number of aryl methyl sites for hydroxylation is 1. The molecule has 0 radical (unpaired) electrons. The number of hydrogen-bond donors (Lipinski definition) is 2. The van der Waals surface area contributed by atoms with E-state index in [9.17, 15) is 12.8 Å². The quantitative estimate of drug-likeness (QED) is 0.262. The number of sulfonamides is 1. The van der Waals surface area contributed by atoms with Crippen LogP contribution in [0.25, 0.3) is 21.7 Å². The van der Waals surface area contributed by atoms with Crippen molar-refractivity contribution in [2.24, 2.45) is 0 Å². The number of benzene rings is 4. The van der Waals surface area contributed by atoms with Gasteiger partial charge in [-0.3, -0.25) is 4.72 Å². The zero-order chi connectivity index (χ0) is 24.3. The summed E-state index contributed by atoms with van der Waals surface area (Å²) in [6, 6.07) is 24.5. The first kappa shape index (κ1) is 23.0. The Hall–Kier alpha value is -3.75. The highest BCUT2D eigenvalue weighted by Gasteiger charge is 2.15. The molecule has 5 rings (SSSR count). The number of rotatable bonds is 9. The Balaban J connectivity index is 1.16. The monoisotopic (exact) mass is 489 g/mol. The van der Waals surface area contributed by atoms with Crippen molar-refractivity contribution in [3.63, 3.8) is 0 Å². The number of nitrogens with one attached hydrogen (secondary N) is 2. The third-order valence-corrected chi connectivity index (χ3v) is 7.19. The number of fused-ring (bicyclic) bond motifs is 2. The van der Waals surface area contributed by atoms with Crippen LogP contribution >= 0.6 is 0 Å². The highest BCUT2D eigenvalue weighted by molar-refractivity contribution is 7.92. The van der Waals surface area contributed by atoms with E-state index in [1.807, 2.05) is 48.5 Å². The first-order valence-electron chi connectivity index (χ1n) is 11.3. The van der Waals surface area contributed by atoms with Crippen molar-refractivity contribution in [2.75, 3.05) is 11.3 Å². The van der Waals surface area contributed by atoms with Crippen LogP contribution < -0.4 is 10.0 Å². The molecule has 0 fully saturated rings. The molecule has 0 saturated carbocycles. The molecule has 0 aliphatic heterocycles. The van der Waals surface area contributed by atoms with E-state index in [-0.39, 0.29) is 10.7 Å². The Morgan fingerprint density at radius 1 is 0.886 bits per heavy atom. The number of anilines is 1. The largest absolute Gasteiger partial charge is 0.356 e. The number of hydrogen-bond acceptors (Lipinski definition) is 5. The van der Waals surface area contributed by atoms with Crippen LogP contribution in [0.4, 0.5) is 10.1 Å². The third-order valence-electron chi connectivity index (χ3n) is 5.82. The van der Waals surface area contributed by atoms with Crippen molar-refractivity contribution >= 4 is 37.5 Å². The molecular formula is C27H24FN3O3S. The van der Waals surface area contributed by atoms with Crippen LogP contribution in [0.1, 0.15) is 17.7 Å². The molecule has 0 bridgehead atoms. The second-order valence-corrected chi connectivity index (χ2v) is 10.0. The van der Waals surface area contributed by atoms with Gasteiger partial charge in [-0.15, -0.1) is 0 Å². The summed E-state index contributed by atoms with van der Waals surface area (Å²) in [5.74, 6) is -0.344. The molecule has 35 heavy (non-hydrogen) atoms. The number of halogens is 1. The summed E-state index contributed by atoms with van der Waals surface area (Å²) in [5, 5.41) is 10.1. The summed E-state index contributed by atoms with van der Waals surface area (Å²) in [7, 11) is -3.71. The summed E-state index contributed by atoms with van der Waals surface area (Å²) in [6.07, 6.45) is 1.53. The van der Waals surface area contributed by atoms with Gasteiger partial charge in [-0.05, 0) is 72.1 Å². The Morgan fingerprint density at radius 2 is 1.74 bits per heavy atom. The van der Waals surface area contributed by atoms with Gasteiger partial charge in [0.15, 0.2) is 5.58 Å². The predicted molar refractivity (Wildman–Crippen MR) is 135 cm³/mol. The molecule has 0 aliphatic rings. The van der Waals surface area contributed by atoms with Crippen molar-refractivity contribution in [1.29, 1.82) is 0 Å². The zero-order valence-corrected chi connectivity index (χ0v) is 19.7. The second-order valence-electron chi connectivity index (χ2n) is 8.36. The van der Waals surface area contributed by atoms with Gasteiger partial charge in [-0.1, -0.05) is 47.6 Å². The lowest BCUT2D eigenvalue weighted by Gasteiger charge is -2.11. The summed E-state index contributed by atoms with van der Waals surface area (Å²) in [6.45, 7) is 1.33. The van der Waals surface area contributed by atoms with E-state index < -0.39 is 10.0 Å². The Morgan fingerprint density at radius 3 is 2.63 bits per heavy atom. The fraction of sp³-hybridized carbons (Fsp3) is 0.148. The van der Waals surface area contributed by atoms with Crippen molar-refractivity contribution in [3.05, 3.63) is 102 Å². The van der Waals surface area contributed by atoms with E-state index in [4.69, 9.17) is 4.52 Å². The van der Waals surface area contributed by atoms with Crippen LogP contribution in [0, 0.1) is 5.82 Å². The van der Waals surface area contributed by atoms with Gasteiger partial charge < -0.3 is 9.84 Å². The zero-order valence-electron chi connectivity index (χ0n) is 18.9. The lowest BCUT2D eigenvalue weighted by atomic mass is 10.1. The molecule has 0 unspecified atom stereocenters. The molecule has 5 aromatic rings. The normalized spacial score (nSPS) is 11.8. The smallest absolute Gasteiger partial charge is 0.261 e. The fourth-order valence-electron chi connectivity index (χ4n) is 4.05. The SMILES string of the molecule is O=S(=O)(Nc1cccc(CNCCCc2noc3cc(F)ccc23)c1)c1ccc2ccccc2c1. The van der Waals surface area contributed by atoms with Gasteiger partial charge in [0, 0.05) is 23.7 Å². The van der Waals surface area contributed by atoms with Crippen molar-refractivity contribution in [3.8, 4) is 0 Å². The lowest BCUT2D eigenvalue weighted by Crippen LogP contribution is -2.16. The summed E-state index contributed by atoms with van der Waals surface area (Å²) in [4.78, 5) is 0.225. The molecular weight excluding hydrogens is 465 g/mol. The maximum Gasteiger partial charge on any atom is 0.261 e. The van der Waals surface area contributed by atoms with Gasteiger partial charge >= 0.3 is 0 Å². The molecule has 4 aromatic carbocycles. The molecule has 0 spiro atoms. The minimum absolute atomic E-state index is 0.225. The highest BCUT2D eigenvalue weighted by Crippen LogP contribution is 2.22. The molecule has 8 heteroatoms. The summed E-state index contributed by atoms with van der Waals surface area (Å²) < 4.78 is 47.0. The number of aromatic nitrogens is 1. The van der Waals surface area contributed by atoms with Crippen molar-refractivity contribution in [2.45, 2.75) is 24.3 Å². The van der Waals surface area contributed by atoms with Crippen LogP contribution in [0.15, 0.2) is 94.3 Å².